The standard InChI is InChI=1S/C24H20F4N6O2/c1-14-30-20(36-31-14)15-2-4-16(5-3-15)21-9-22(10-21,11-21)24(27,28)23(35,12-34-13-29-32-33-34)18-7-6-17(25)8-19(18)26/h2-8,13,35H,9-12H2,1H3/t21?,22?,23-/m0/s1. The van der Waals surface area contributed by atoms with Crippen molar-refractivity contribution < 1.29 is 27.2 Å². The van der Waals surface area contributed by atoms with E-state index in [2.05, 4.69) is 25.7 Å². The highest BCUT2D eigenvalue weighted by molar-refractivity contribution is 5.55. The lowest BCUT2D eigenvalue weighted by molar-refractivity contribution is -0.347. The number of hydrogen-bond acceptors (Lipinski definition) is 7. The average molecular weight is 500 g/mol. The van der Waals surface area contributed by atoms with Gasteiger partial charge in [-0.15, -0.1) is 5.10 Å². The number of benzene rings is 2. The van der Waals surface area contributed by atoms with Crippen LogP contribution in [-0.2, 0) is 17.6 Å². The smallest absolute Gasteiger partial charge is 0.287 e. The summed E-state index contributed by atoms with van der Waals surface area (Å²) in [6.07, 6.45) is 1.37. The lowest BCUT2D eigenvalue weighted by Crippen LogP contribution is -2.76. The summed E-state index contributed by atoms with van der Waals surface area (Å²) in [5.41, 5.74) is -4.14. The molecule has 2 bridgehead atoms. The highest BCUT2D eigenvalue weighted by atomic mass is 19.3. The van der Waals surface area contributed by atoms with Crippen molar-refractivity contribution in [2.45, 2.75) is 49.7 Å². The predicted molar refractivity (Wildman–Crippen MR) is 115 cm³/mol. The maximum atomic E-state index is 16.3. The molecular weight excluding hydrogens is 480 g/mol. The van der Waals surface area contributed by atoms with Crippen molar-refractivity contribution in [1.29, 1.82) is 0 Å². The number of alkyl halides is 2. The Bertz CT molecular complexity index is 1420. The second-order valence-electron chi connectivity index (χ2n) is 9.88. The first-order chi connectivity index (χ1) is 17.1. The molecule has 12 heteroatoms. The van der Waals surface area contributed by atoms with Gasteiger partial charge in [0.2, 0.25) is 0 Å². The van der Waals surface area contributed by atoms with E-state index >= 15 is 8.78 Å². The van der Waals surface area contributed by atoms with Gasteiger partial charge in [0.15, 0.2) is 11.4 Å². The Labute approximate surface area is 202 Å². The topological polar surface area (TPSA) is 103 Å². The van der Waals surface area contributed by atoms with Crippen molar-refractivity contribution in [3.8, 4) is 11.5 Å². The Morgan fingerprint density at radius 3 is 2.39 bits per heavy atom. The fourth-order valence-corrected chi connectivity index (χ4v) is 5.91. The molecule has 1 N–H and O–H groups in total. The minimum Gasteiger partial charge on any atom is -0.377 e. The van der Waals surface area contributed by atoms with Gasteiger partial charge >= 0.3 is 0 Å². The molecule has 4 aromatic rings. The molecule has 0 saturated heterocycles. The normalized spacial score (nSPS) is 24.6. The summed E-state index contributed by atoms with van der Waals surface area (Å²) >= 11 is 0. The van der Waals surface area contributed by atoms with Crippen LogP contribution in [0.2, 0.25) is 0 Å². The molecule has 0 amide bonds. The molecule has 2 aromatic carbocycles. The maximum Gasteiger partial charge on any atom is 0.287 e. The number of tetrazole rings is 1. The van der Waals surface area contributed by atoms with Crippen LogP contribution in [0.4, 0.5) is 17.6 Å². The highest BCUT2D eigenvalue weighted by Gasteiger charge is 2.82. The van der Waals surface area contributed by atoms with Gasteiger partial charge < -0.3 is 9.63 Å². The summed E-state index contributed by atoms with van der Waals surface area (Å²) in [7, 11) is 0. The summed E-state index contributed by atoms with van der Waals surface area (Å²) in [5, 5.41) is 25.6. The molecule has 0 radical (unpaired) electrons. The van der Waals surface area contributed by atoms with E-state index in [1.54, 1.807) is 19.1 Å². The van der Waals surface area contributed by atoms with Crippen molar-refractivity contribution in [1.82, 2.24) is 30.3 Å². The number of aliphatic hydroxyl groups is 1. The van der Waals surface area contributed by atoms with Crippen LogP contribution in [0.5, 0.6) is 0 Å². The first-order valence-electron chi connectivity index (χ1n) is 11.3. The molecule has 1 atom stereocenters. The van der Waals surface area contributed by atoms with Crippen molar-refractivity contribution in [3.05, 3.63) is 77.4 Å². The summed E-state index contributed by atoms with van der Waals surface area (Å²) in [6.45, 7) is 0.907. The lowest BCUT2D eigenvalue weighted by Gasteiger charge is -2.74. The Morgan fingerprint density at radius 2 is 1.81 bits per heavy atom. The summed E-state index contributed by atoms with van der Waals surface area (Å²) in [5.74, 6) is -5.10. The predicted octanol–water partition coefficient (Wildman–Crippen LogP) is 3.95. The molecule has 3 fully saturated rings. The average Bonchev–Trinajstić information content (AvgIpc) is 3.43. The fourth-order valence-electron chi connectivity index (χ4n) is 5.91. The Hall–Kier alpha value is -3.67. The summed E-state index contributed by atoms with van der Waals surface area (Å²) < 4.78 is 66.9. The molecule has 7 rings (SSSR count). The van der Waals surface area contributed by atoms with Crippen LogP contribution in [0.1, 0.15) is 36.2 Å². The molecule has 186 valence electrons. The zero-order chi connectivity index (χ0) is 25.3. The monoisotopic (exact) mass is 500 g/mol. The first kappa shape index (κ1) is 22.8. The lowest BCUT2D eigenvalue weighted by atomic mass is 9.30. The Kier molecular flexibility index (Phi) is 4.69. The number of hydrogen-bond donors (Lipinski definition) is 1. The van der Waals surface area contributed by atoms with Gasteiger partial charge in [0, 0.05) is 22.6 Å². The zero-order valence-electron chi connectivity index (χ0n) is 19.0. The van der Waals surface area contributed by atoms with Crippen LogP contribution in [-0.4, -0.2) is 41.4 Å². The molecule has 0 spiro atoms. The van der Waals surface area contributed by atoms with Crippen LogP contribution < -0.4 is 0 Å². The number of aryl methyl sites for hydroxylation is 1. The van der Waals surface area contributed by atoms with Gasteiger partial charge in [0.25, 0.3) is 11.8 Å². The molecule has 8 nitrogen and oxygen atoms in total. The molecule has 0 unspecified atom stereocenters. The van der Waals surface area contributed by atoms with Gasteiger partial charge in [-0.25, -0.2) is 22.2 Å². The van der Waals surface area contributed by atoms with Gasteiger partial charge in [-0.3, -0.25) is 0 Å². The quantitative estimate of drug-likeness (QED) is 0.383. The van der Waals surface area contributed by atoms with Gasteiger partial charge in [0.1, 0.15) is 18.0 Å². The van der Waals surface area contributed by atoms with E-state index in [0.29, 0.717) is 23.3 Å². The second-order valence-corrected chi connectivity index (χ2v) is 9.88. The van der Waals surface area contributed by atoms with E-state index in [9.17, 15) is 13.9 Å². The number of halogens is 4. The third-order valence-electron chi connectivity index (χ3n) is 7.65. The third-order valence-corrected chi connectivity index (χ3v) is 7.65. The van der Waals surface area contributed by atoms with Gasteiger partial charge in [0.05, 0.1) is 6.54 Å². The number of aromatic nitrogens is 6. The van der Waals surface area contributed by atoms with Crippen molar-refractivity contribution in [2.24, 2.45) is 5.41 Å². The molecule has 3 saturated carbocycles. The van der Waals surface area contributed by atoms with E-state index in [1.807, 2.05) is 12.1 Å². The number of rotatable bonds is 7. The van der Waals surface area contributed by atoms with Crippen LogP contribution >= 0.6 is 0 Å². The van der Waals surface area contributed by atoms with Crippen LogP contribution in [0.3, 0.4) is 0 Å². The molecule has 2 aromatic heterocycles. The van der Waals surface area contributed by atoms with E-state index in [4.69, 9.17) is 4.52 Å². The van der Waals surface area contributed by atoms with Crippen LogP contribution in [0.25, 0.3) is 11.5 Å². The van der Waals surface area contributed by atoms with Gasteiger partial charge in [-0.05, 0) is 71.9 Å². The minimum atomic E-state index is -3.77. The van der Waals surface area contributed by atoms with Crippen molar-refractivity contribution in [2.75, 3.05) is 0 Å². The van der Waals surface area contributed by atoms with E-state index < -0.39 is 46.1 Å². The number of nitrogens with zero attached hydrogens (tertiary/aromatic N) is 6. The second kappa shape index (κ2) is 7.42. The van der Waals surface area contributed by atoms with Gasteiger partial charge in [-0.2, -0.15) is 4.98 Å². The maximum absolute atomic E-state index is 16.3. The Balaban J connectivity index is 1.30. The Morgan fingerprint density at radius 1 is 1.08 bits per heavy atom. The largest absolute Gasteiger partial charge is 0.377 e. The van der Waals surface area contributed by atoms with E-state index in [-0.39, 0.29) is 19.3 Å². The molecule has 36 heavy (non-hydrogen) atoms. The molecule has 3 aliphatic rings. The van der Waals surface area contributed by atoms with Gasteiger partial charge in [-0.1, -0.05) is 17.3 Å². The van der Waals surface area contributed by atoms with E-state index in [0.717, 1.165) is 28.7 Å². The third kappa shape index (κ3) is 3.06. The SMILES string of the molecule is Cc1noc(-c2ccc(C34CC(C(F)(F)[C@](O)(Cn5cnnn5)c5ccc(F)cc5F)(C3)C4)cc2)n1. The molecule has 0 aliphatic heterocycles. The zero-order valence-corrected chi connectivity index (χ0v) is 19.0. The first-order valence-corrected chi connectivity index (χ1v) is 11.3. The molecular formula is C24H20F4N6O2. The molecule has 3 aliphatic carbocycles. The van der Waals surface area contributed by atoms with Crippen LogP contribution in [0, 0.1) is 24.0 Å². The minimum absolute atomic E-state index is 0.104. The fraction of sp³-hybridized carbons (Fsp3) is 0.375. The summed E-state index contributed by atoms with van der Waals surface area (Å²) in [4.78, 5) is 4.18. The van der Waals surface area contributed by atoms with E-state index in [1.165, 1.54) is 0 Å². The van der Waals surface area contributed by atoms with Crippen LogP contribution in [0.15, 0.2) is 53.3 Å². The van der Waals surface area contributed by atoms with Crippen molar-refractivity contribution in [3.63, 3.8) is 0 Å². The van der Waals surface area contributed by atoms with Crippen molar-refractivity contribution >= 4 is 0 Å². The highest BCUT2D eigenvalue weighted by Crippen LogP contribution is 2.80. The summed E-state index contributed by atoms with van der Waals surface area (Å²) in [6, 6.07) is 9.47. The molecule has 2 heterocycles.